The van der Waals surface area contributed by atoms with Crippen LogP contribution in [0.3, 0.4) is 0 Å². The third-order valence-electron chi connectivity index (χ3n) is 5.58. The van der Waals surface area contributed by atoms with Crippen LogP contribution in [0.5, 0.6) is 0 Å². The molecule has 1 N–H and O–H groups in total. The fourth-order valence-corrected chi connectivity index (χ4v) is 4.18. The Morgan fingerprint density at radius 1 is 0.909 bits per heavy atom. The van der Waals surface area contributed by atoms with Crippen LogP contribution in [-0.2, 0) is 4.79 Å². The molecule has 2 saturated heterocycles. The topological polar surface area (TPSA) is 38.8 Å². The Morgan fingerprint density at radius 3 is 2.45 bits per heavy atom. The minimum absolute atomic E-state index is 0.346. The average molecular weight is 308 g/mol. The largest absolute Gasteiger partial charge is 0.340 e. The van der Waals surface area contributed by atoms with Gasteiger partial charge in [0.25, 0.3) is 0 Å². The summed E-state index contributed by atoms with van der Waals surface area (Å²) in [5.74, 6) is 0.346. The Balaban J connectivity index is 1.38. The Hall–Kier alpha value is -0.650. The molecule has 2 aliphatic heterocycles. The van der Waals surface area contributed by atoms with Gasteiger partial charge >= 0.3 is 0 Å². The molecule has 1 saturated carbocycles. The van der Waals surface area contributed by atoms with E-state index in [1.165, 1.54) is 45.2 Å². The Bertz CT molecular complexity index is 351. The van der Waals surface area contributed by atoms with E-state index in [4.69, 9.17) is 0 Å². The summed E-state index contributed by atoms with van der Waals surface area (Å²) in [4.78, 5) is 19.5. The number of carbonyl (C=O) groups is 1. The summed E-state index contributed by atoms with van der Waals surface area (Å²) in [5, 5.41) is 3.31. The van der Waals surface area contributed by atoms with Gasteiger partial charge < -0.3 is 15.1 Å². The highest BCUT2D eigenvalue weighted by atomic mass is 16.2. The van der Waals surface area contributed by atoms with E-state index in [0.29, 0.717) is 12.3 Å². The fourth-order valence-electron chi connectivity index (χ4n) is 4.18. The van der Waals surface area contributed by atoms with E-state index in [9.17, 15) is 4.79 Å². The zero-order chi connectivity index (χ0) is 15.2. The minimum Gasteiger partial charge on any atom is -0.340 e. The van der Waals surface area contributed by atoms with Gasteiger partial charge in [0.2, 0.25) is 5.91 Å². The smallest absolute Gasteiger partial charge is 0.223 e. The summed E-state index contributed by atoms with van der Waals surface area (Å²) in [6.07, 6.45) is 7.61. The molecule has 22 heavy (non-hydrogen) atoms. The van der Waals surface area contributed by atoms with Gasteiger partial charge in [-0.3, -0.25) is 9.69 Å². The first-order valence-electron chi connectivity index (χ1n) is 9.28. The molecule has 0 atom stereocenters. The van der Waals surface area contributed by atoms with Crippen molar-refractivity contribution in [3.63, 3.8) is 0 Å². The van der Waals surface area contributed by atoms with Crippen LogP contribution in [0, 0.1) is 0 Å². The van der Waals surface area contributed by atoms with Crippen molar-refractivity contribution in [2.24, 2.45) is 0 Å². The Labute approximate surface area is 135 Å². The summed E-state index contributed by atoms with van der Waals surface area (Å²) >= 11 is 0. The SMILES string of the molecule is O=C(CCN1CCCN(C2CCCC2)CC1)N1CCNCC1. The first-order valence-corrected chi connectivity index (χ1v) is 9.28. The maximum absolute atomic E-state index is 12.3. The predicted octanol–water partition coefficient (Wildman–Crippen LogP) is 0.759. The molecule has 0 bridgehead atoms. The van der Waals surface area contributed by atoms with Gasteiger partial charge in [0.15, 0.2) is 0 Å². The normalized spacial score (nSPS) is 26.3. The van der Waals surface area contributed by atoms with Crippen molar-refractivity contribution >= 4 is 5.91 Å². The summed E-state index contributed by atoms with van der Waals surface area (Å²) in [6, 6.07) is 0.849. The van der Waals surface area contributed by atoms with Gasteiger partial charge in [0, 0.05) is 58.3 Å². The van der Waals surface area contributed by atoms with Crippen molar-refractivity contribution in [2.75, 3.05) is 58.9 Å². The van der Waals surface area contributed by atoms with E-state index >= 15 is 0 Å². The van der Waals surface area contributed by atoms with E-state index in [1.807, 2.05) is 4.90 Å². The van der Waals surface area contributed by atoms with Gasteiger partial charge in [-0.15, -0.1) is 0 Å². The van der Waals surface area contributed by atoms with Crippen molar-refractivity contribution in [3.05, 3.63) is 0 Å². The molecule has 3 aliphatic rings. The standard InChI is InChI=1S/C17H32N4O/c22-17(21-12-7-18-8-13-21)6-11-19-9-3-10-20(15-14-19)16-4-1-2-5-16/h16,18H,1-15H2. The molecule has 0 radical (unpaired) electrons. The molecule has 0 aromatic carbocycles. The third-order valence-corrected chi connectivity index (χ3v) is 5.58. The number of amides is 1. The number of nitrogens with zero attached hydrogens (tertiary/aromatic N) is 3. The molecule has 1 amide bonds. The van der Waals surface area contributed by atoms with Crippen molar-refractivity contribution in [1.29, 1.82) is 0 Å². The molecule has 5 heteroatoms. The molecule has 3 fully saturated rings. The predicted molar refractivity (Wildman–Crippen MR) is 89.0 cm³/mol. The van der Waals surface area contributed by atoms with E-state index < -0.39 is 0 Å². The lowest BCUT2D eigenvalue weighted by Crippen LogP contribution is -2.47. The van der Waals surface area contributed by atoms with Crippen LogP contribution in [0.2, 0.25) is 0 Å². The highest BCUT2D eigenvalue weighted by Gasteiger charge is 2.25. The summed E-state index contributed by atoms with van der Waals surface area (Å²) in [6.45, 7) is 9.38. The molecule has 0 spiro atoms. The Morgan fingerprint density at radius 2 is 1.68 bits per heavy atom. The van der Waals surface area contributed by atoms with Gasteiger partial charge in [0.1, 0.15) is 0 Å². The molecule has 0 aromatic heterocycles. The number of carbonyl (C=O) groups excluding carboxylic acids is 1. The zero-order valence-electron chi connectivity index (χ0n) is 13.9. The molecular weight excluding hydrogens is 276 g/mol. The number of hydrogen-bond donors (Lipinski definition) is 1. The summed E-state index contributed by atoms with van der Waals surface area (Å²) in [5.41, 5.74) is 0. The maximum Gasteiger partial charge on any atom is 0.223 e. The second kappa shape index (κ2) is 8.27. The maximum atomic E-state index is 12.3. The molecule has 126 valence electrons. The van der Waals surface area contributed by atoms with E-state index in [0.717, 1.165) is 51.9 Å². The fraction of sp³-hybridized carbons (Fsp3) is 0.941. The lowest BCUT2D eigenvalue weighted by atomic mass is 10.2. The number of nitrogens with one attached hydrogen (secondary N) is 1. The quantitative estimate of drug-likeness (QED) is 0.832. The second-order valence-corrected chi connectivity index (χ2v) is 7.05. The van der Waals surface area contributed by atoms with Crippen molar-refractivity contribution < 1.29 is 4.79 Å². The van der Waals surface area contributed by atoms with Crippen LogP contribution >= 0.6 is 0 Å². The molecule has 5 nitrogen and oxygen atoms in total. The number of hydrogen-bond acceptors (Lipinski definition) is 4. The lowest BCUT2D eigenvalue weighted by Gasteiger charge is -2.29. The molecule has 0 aromatic rings. The van der Waals surface area contributed by atoms with Gasteiger partial charge in [-0.2, -0.15) is 0 Å². The molecular formula is C17H32N4O. The van der Waals surface area contributed by atoms with Crippen LogP contribution in [0.4, 0.5) is 0 Å². The first-order chi connectivity index (χ1) is 10.8. The first kappa shape index (κ1) is 16.2. The number of rotatable bonds is 4. The van der Waals surface area contributed by atoms with Crippen LogP contribution < -0.4 is 5.32 Å². The summed E-state index contributed by atoms with van der Waals surface area (Å²) < 4.78 is 0. The molecule has 0 unspecified atom stereocenters. The van der Waals surface area contributed by atoms with Crippen molar-refractivity contribution in [1.82, 2.24) is 20.0 Å². The van der Waals surface area contributed by atoms with E-state index in [-0.39, 0.29) is 0 Å². The van der Waals surface area contributed by atoms with Crippen LogP contribution in [-0.4, -0.2) is 85.6 Å². The van der Waals surface area contributed by atoms with Crippen LogP contribution in [0.1, 0.15) is 38.5 Å². The Kier molecular flexibility index (Phi) is 6.10. The van der Waals surface area contributed by atoms with Gasteiger partial charge in [0.05, 0.1) is 0 Å². The minimum atomic E-state index is 0.346. The monoisotopic (exact) mass is 308 g/mol. The van der Waals surface area contributed by atoms with Crippen LogP contribution in [0.25, 0.3) is 0 Å². The van der Waals surface area contributed by atoms with Gasteiger partial charge in [-0.25, -0.2) is 0 Å². The molecule has 1 aliphatic carbocycles. The van der Waals surface area contributed by atoms with Crippen molar-refractivity contribution in [2.45, 2.75) is 44.6 Å². The van der Waals surface area contributed by atoms with Gasteiger partial charge in [-0.05, 0) is 32.4 Å². The average Bonchev–Trinajstić information content (AvgIpc) is 2.99. The van der Waals surface area contributed by atoms with E-state index in [1.54, 1.807) is 0 Å². The molecule has 3 rings (SSSR count). The van der Waals surface area contributed by atoms with Gasteiger partial charge in [-0.1, -0.05) is 12.8 Å². The highest BCUT2D eigenvalue weighted by molar-refractivity contribution is 5.76. The summed E-state index contributed by atoms with van der Waals surface area (Å²) in [7, 11) is 0. The molecule has 2 heterocycles. The van der Waals surface area contributed by atoms with E-state index in [2.05, 4.69) is 15.1 Å². The van der Waals surface area contributed by atoms with Crippen molar-refractivity contribution in [3.8, 4) is 0 Å². The lowest BCUT2D eigenvalue weighted by molar-refractivity contribution is -0.132. The second-order valence-electron chi connectivity index (χ2n) is 7.05. The highest BCUT2D eigenvalue weighted by Crippen LogP contribution is 2.24. The number of piperazine rings is 1. The zero-order valence-corrected chi connectivity index (χ0v) is 13.9. The van der Waals surface area contributed by atoms with Crippen LogP contribution in [0.15, 0.2) is 0 Å². The third kappa shape index (κ3) is 4.43.